The van der Waals surface area contributed by atoms with Gasteiger partial charge in [0.2, 0.25) is 0 Å². The molecule has 0 amide bonds. The number of benzene rings is 1. The number of nitrogens with two attached hydrogens (primary N) is 1. The zero-order valence-corrected chi connectivity index (χ0v) is 12.6. The van der Waals surface area contributed by atoms with E-state index in [0.717, 1.165) is 38.1 Å². The SMILES string of the molecule is CCN(CC1CCCO1)C(CN)c1ccc(F)cc1Cl. The molecule has 1 saturated heterocycles. The van der Waals surface area contributed by atoms with Gasteiger partial charge >= 0.3 is 0 Å². The van der Waals surface area contributed by atoms with Gasteiger partial charge in [-0.05, 0) is 37.1 Å². The fraction of sp³-hybridized carbons (Fsp3) is 0.600. The predicted molar refractivity (Wildman–Crippen MR) is 79.4 cm³/mol. The van der Waals surface area contributed by atoms with Gasteiger partial charge in [0.25, 0.3) is 0 Å². The van der Waals surface area contributed by atoms with Gasteiger partial charge in [0.1, 0.15) is 5.82 Å². The monoisotopic (exact) mass is 300 g/mol. The second-order valence-electron chi connectivity index (χ2n) is 5.14. The van der Waals surface area contributed by atoms with Crippen LogP contribution < -0.4 is 5.73 Å². The van der Waals surface area contributed by atoms with E-state index < -0.39 is 0 Å². The van der Waals surface area contributed by atoms with Crippen molar-refractivity contribution in [2.24, 2.45) is 5.73 Å². The van der Waals surface area contributed by atoms with Crippen LogP contribution in [0.25, 0.3) is 0 Å². The summed E-state index contributed by atoms with van der Waals surface area (Å²) >= 11 is 6.17. The Morgan fingerprint density at radius 2 is 2.35 bits per heavy atom. The molecule has 0 aromatic heterocycles. The maximum atomic E-state index is 13.2. The minimum atomic E-state index is -0.323. The Kier molecular flexibility index (Phi) is 5.78. The van der Waals surface area contributed by atoms with Crippen molar-refractivity contribution in [2.75, 3.05) is 26.2 Å². The molecule has 2 rings (SSSR count). The number of nitrogens with zero attached hydrogens (tertiary/aromatic N) is 1. The average molecular weight is 301 g/mol. The Bertz CT molecular complexity index is 438. The van der Waals surface area contributed by atoms with Gasteiger partial charge in [-0.2, -0.15) is 0 Å². The standard InChI is InChI=1S/C15H22ClFN2O/c1-2-19(10-12-4-3-7-20-12)15(9-18)13-6-5-11(17)8-14(13)16/h5-6,8,12,15H,2-4,7,9-10,18H2,1H3. The summed E-state index contributed by atoms with van der Waals surface area (Å²) < 4.78 is 18.9. The summed E-state index contributed by atoms with van der Waals surface area (Å²) in [6.45, 7) is 5.08. The topological polar surface area (TPSA) is 38.5 Å². The average Bonchev–Trinajstić information content (AvgIpc) is 2.93. The van der Waals surface area contributed by atoms with Gasteiger partial charge in [0.15, 0.2) is 0 Å². The summed E-state index contributed by atoms with van der Waals surface area (Å²) in [5.74, 6) is -0.323. The molecule has 1 heterocycles. The maximum absolute atomic E-state index is 13.2. The minimum Gasteiger partial charge on any atom is -0.377 e. The predicted octanol–water partition coefficient (Wildman–Crippen LogP) is 2.98. The quantitative estimate of drug-likeness (QED) is 0.878. The third-order valence-corrected chi connectivity index (χ3v) is 4.18. The van der Waals surface area contributed by atoms with Gasteiger partial charge in [0, 0.05) is 30.8 Å². The van der Waals surface area contributed by atoms with E-state index in [4.69, 9.17) is 22.1 Å². The third-order valence-electron chi connectivity index (χ3n) is 3.85. The zero-order valence-electron chi connectivity index (χ0n) is 11.8. The van der Waals surface area contributed by atoms with Crippen molar-refractivity contribution in [3.05, 3.63) is 34.6 Å². The van der Waals surface area contributed by atoms with Crippen LogP contribution in [0.15, 0.2) is 18.2 Å². The Balaban J connectivity index is 2.15. The Morgan fingerprint density at radius 1 is 1.55 bits per heavy atom. The summed E-state index contributed by atoms with van der Waals surface area (Å²) in [6.07, 6.45) is 2.47. The number of halogens is 2. The minimum absolute atomic E-state index is 0.00250. The highest BCUT2D eigenvalue weighted by Gasteiger charge is 2.25. The molecule has 0 spiro atoms. The highest BCUT2D eigenvalue weighted by molar-refractivity contribution is 6.31. The van der Waals surface area contributed by atoms with E-state index in [2.05, 4.69) is 11.8 Å². The van der Waals surface area contributed by atoms with E-state index in [9.17, 15) is 4.39 Å². The number of hydrogen-bond acceptors (Lipinski definition) is 3. The van der Waals surface area contributed by atoms with E-state index in [1.165, 1.54) is 12.1 Å². The largest absolute Gasteiger partial charge is 0.377 e. The molecule has 112 valence electrons. The molecule has 1 aliphatic heterocycles. The first-order valence-electron chi connectivity index (χ1n) is 7.16. The highest BCUT2D eigenvalue weighted by atomic mass is 35.5. The van der Waals surface area contributed by atoms with E-state index in [1.54, 1.807) is 6.07 Å². The number of ether oxygens (including phenoxy) is 1. The molecule has 1 aliphatic rings. The Morgan fingerprint density at radius 3 is 2.90 bits per heavy atom. The van der Waals surface area contributed by atoms with Crippen molar-refractivity contribution in [2.45, 2.75) is 31.9 Å². The van der Waals surface area contributed by atoms with Gasteiger partial charge < -0.3 is 10.5 Å². The van der Waals surface area contributed by atoms with Crippen LogP contribution in [0, 0.1) is 5.82 Å². The van der Waals surface area contributed by atoms with E-state index in [0.29, 0.717) is 11.6 Å². The van der Waals surface area contributed by atoms with Gasteiger partial charge in [-0.15, -0.1) is 0 Å². The second kappa shape index (κ2) is 7.36. The van der Waals surface area contributed by atoms with Crippen LogP contribution in [-0.2, 0) is 4.74 Å². The molecule has 20 heavy (non-hydrogen) atoms. The first-order valence-corrected chi connectivity index (χ1v) is 7.54. The van der Waals surface area contributed by atoms with E-state index >= 15 is 0 Å². The second-order valence-corrected chi connectivity index (χ2v) is 5.55. The van der Waals surface area contributed by atoms with Crippen molar-refractivity contribution >= 4 is 11.6 Å². The lowest BCUT2D eigenvalue weighted by Gasteiger charge is -2.32. The summed E-state index contributed by atoms with van der Waals surface area (Å²) in [5.41, 5.74) is 6.81. The summed E-state index contributed by atoms with van der Waals surface area (Å²) in [7, 11) is 0. The van der Waals surface area contributed by atoms with Crippen LogP contribution in [0.4, 0.5) is 4.39 Å². The third kappa shape index (κ3) is 3.70. The molecule has 2 N–H and O–H groups in total. The van der Waals surface area contributed by atoms with Crippen molar-refractivity contribution in [1.29, 1.82) is 0 Å². The lowest BCUT2D eigenvalue weighted by atomic mass is 10.0. The highest BCUT2D eigenvalue weighted by Crippen LogP contribution is 2.28. The molecule has 2 unspecified atom stereocenters. The van der Waals surface area contributed by atoms with Crippen LogP contribution in [0.2, 0.25) is 5.02 Å². The summed E-state index contributed by atoms with van der Waals surface area (Å²) in [4.78, 5) is 2.26. The lowest BCUT2D eigenvalue weighted by molar-refractivity contribution is 0.0601. The fourth-order valence-electron chi connectivity index (χ4n) is 2.77. The molecule has 1 fully saturated rings. The Labute approximate surface area is 124 Å². The van der Waals surface area contributed by atoms with Crippen molar-refractivity contribution in [3.8, 4) is 0 Å². The van der Waals surface area contributed by atoms with Crippen molar-refractivity contribution < 1.29 is 9.13 Å². The molecular formula is C15H22ClFN2O. The van der Waals surface area contributed by atoms with Gasteiger partial charge in [-0.25, -0.2) is 4.39 Å². The van der Waals surface area contributed by atoms with Crippen LogP contribution in [0.5, 0.6) is 0 Å². The van der Waals surface area contributed by atoms with Crippen molar-refractivity contribution in [3.63, 3.8) is 0 Å². The number of rotatable bonds is 6. The molecule has 1 aromatic rings. The number of likely N-dealkylation sites (N-methyl/N-ethyl adjacent to an activating group) is 1. The first kappa shape index (κ1) is 15.7. The van der Waals surface area contributed by atoms with Gasteiger partial charge in [-0.1, -0.05) is 24.6 Å². The molecule has 0 radical (unpaired) electrons. The van der Waals surface area contributed by atoms with Crippen LogP contribution in [0.1, 0.15) is 31.4 Å². The molecule has 3 nitrogen and oxygen atoms in total. The fourth-order valence-corrected chi connectivity index (χ4v) is 3.06. The number of hydrogen-bond donors (Lipinski definition) is 1. The molecule has 0 saturated carbocycles. The molecule has 0 aliphatic carbocycles. The molecule has 1 aromatic carbocycles. The summed E-state index contributed by atoms with van der Waals surface area (Å²) in [5, 5.41) is 0.436. The van der Waals surface area contributed by atoms with E-state index in [-0.39, 0.29) is 18.0 Å². The molecular weight excluding hydrogens is 279 g/mol. The van der Waals surface area contributed by atoms with Crippen LogP contribution in [-0.4, -0.2) is 37.2 Å². The van der Waals surface area contributed by atoms with Crippen LogP contribution >= 0.6 is 11.6 Å². The molecule has 5 heteroatoms. The normalized spacial score (nSPS) is 20.6. The lowest BCUT2D eigenvalue weighted by Crippen LogP contribution is -2.38. The maximum Gasteiger partial charge on any atom is 0.124 e. The Hall–Kier alpha value is -0.680. The molecule has 0 bridgehead atoms. The summed E-state index contributed by atoms with van der Waals surface area (Å²) in [6, 6.07) is 4.51. The zero-order chi connectivity index (χ0) is 14.5. The van der Waals surface area contributed by atoms with Gasteiger partial charge in [0.05, 0.1) is 6.10 Å². The smallest absolute Gasteiger partial charge is 0.124 e. The van der Waals surface area contributed by atoms with E-state index in [1.807, 2.05) is 0 Å². The first-order chi connectivity index (χ1) is 9.65. The van der Waals surface area contributed by atoms with Gasteiger partial charge in [-0.3, -0.25) is 4.90 Å². The van der Waals surface area contributed by atoms with Crippen LogP contribution in [0.3, 0.4) is 0 Å². The molecule has 2 atom stereocenters. The van der Waals surface area contributed by atoms with Crippen molar-refractivity contribution in [1.82, 2.24) is 4.90 Å².